The van der Waals surface area contributed by atoms with Crippen LogP contribution >= 0.6 is 0 Å². The van der Waals surface area contributed by atoms with E-state index in [1.165, 1.54) is 0 Å². The zero-order chi connectivity index (χ0) is 17.3. The summed E-state index contributed by atoms with van der Waals surface area (Å²) >= 11 is 0. The number of halogens is 2. The summed E-state index contributed by atoms with van der Waals surface area (Å²) in [5, 5.41) is -5.33. The molecular weight excluding hydrogens is 362 g/mol. The van der Waals surface area contributed by atoms with Gasteiger partial charge in [0.25, 0.3) is 10.1 Å². The Hall–Kier alpha value is -0.850. The zero-order valence-electron chi connectivity index (χ0n) is 11.6. The minimum absolute atomic E-state index is 0.137. The molecule has 12 heteroatoms. The van der Waals surface area contributed by atoms with Crippen molar-refractivity contribution in [3.05, 3.63) is 0 Å². The van der Waals surface area contributed by atoms with Gasteiger partial charge in [-0.15, -0.1) is 0 Å². The molecule has 1 N–H and O–H groups in total. The molecule has 4 rings (SSSR count). The molecule has 0 aromatic carbocycles. The third kappa shape index (κ3) is 2.46. The van der Waals surface area contributed by atoms with Gasteiger partial charge in [0.05, 0.1) is 17.3 Å². The number of hydrogen-bond donors (Lipinski definition) is 1. The van der Waals surface area contributed by atoms with Crippen molar-refractivity contribution in [1.29, 1.82) is 0 Å². The van der Waals surface area contributed by atoms with Gasteiger partial charge in [-0.2, -0.15) is 25.6 Å². The van der Waals surface area contributed by atoms with E-state index in [1.54, 1.807) is 0 Å². The minimum atomic E-state index is -5.71. The third-order valence-corrected chi connectivity index (χ3v) is 7.68. The van der Waals surface area contributed by atoms with Gasteiger partial charge in [-0.1, -0.05) is 0 Å². The van der Waals surface area contributed by atoms with Crippen molar-refractivity contribution in [1.82, 2.24) is 0 Å². The fourth-order valence-electron chi connectivity index (χ4n) is 3.87. The molecule has 0 aromatic rings. The molecule has 4 bridgehead atoms. The summed E-state index contributed by atoms with van der Waals surface area (Å²) in [6, 6.07) is 0. The average molecular weight is 376 g/mol. The highest BCUT2D eigenvalue weighted by molar-refractivity contribution is 7.87. The van der Waals surface area contributed by atoms with E-state index in [-0.39, 0.29) is 24.7 Å². The Morgan fingerprint density at radius 1 is 1.39 bits per heavy atom. The number of carbonyl (C=O) groups is 1. The first-order chi connectivity index (χ1) is 10.4. The van der Waals surface area contributed by atoms with Crippen LogP contribution in [-0.4, -0.2) is 51.1 Å². The van der Waals surface area contributed by atoms with E-state index < -0.39 is 55.3 Å². The summed E-state index contributed by atoms with van der Waals surface area (Å²) in [4.78, 5) is 12.2. The molecule has 0 amide bonds. The van der Waals surface area contributed by atoms with E-state index in [0.29, 0.717) is 6.42 Å². The molecule has 23 heavy (non-hydrogen) atoms. The van der Waals surface area contributed by atoms with Gasteiger partial charge in [-0.25, -0.2) is 0 Å². The first kappa shape index (κ1) is 17.0. The van der Waals surface area contributed by atoms with Crippen LogP contribution in [0.2, 0.25) is 0 Å². The summed E-state index contributed by atoms with van der Waals surface area (Å²) in [6.07, 6.45) is 0.783. The first-order valence-electron chi connectivity index (χ1n) is 6.79. The van der Waals surface area contributed by atoms with Gasteiger partial charge in [0, 0.05) is 0 Å². The molecule has 0 spiro atoms. The van der Waals surface area contributed by atoms with Crippen LogP contribution in [-0.2, 0) is 34.0 Å². The standard InChI is InChI=1S/C11H14F2O8S2/c12-11(13,23(17,18)19)5-20-9(14)10-3-6-1-7(10)2-8(6)22(15,16)21-4-10/h6-8H,1-5H2,(H,17,18,19). The molecule has 2 aliphatic carbocycles. The molecule has 8 nitrogen and oxygen atoms in total. The van der Waals surface area contributed by atoms with Crippen LogP contribution < -0.4 is 0 Å². The lowest BCUT2D eigenvalue weighted by Crippen LogP contribution is -2.44. The van der Waals surface area contributed by atoms with E-state index >= 15 is 0 Å². The van der Waals surface area contributed by atoms with Crippen LogP contribution in [0.3, 0.4) is 0 Å². The monoisotopic (exact) mass is 376 g/mol. The van der Waals surface area contributed by atoms with Crippen molar-refractivity contribution in [2.24, 2.45) is 17.3 Å². The number of rotatable bonds is 4. The quantitative estimate of drug-likeness (QED) is 0.418. The number of hydrogen-bond acceptors (Lipinski definition) is 7. The number of ether oxygens (including phenoxy) is 1. The highest BCUT2D eigenvalue weighted by Crippen LogP contribution is 2.60. The van der Waals surface area contributed by atoms with E-state index in [4.69, 9.17) is 8.74 Å². The largest absolute Gasteiger partial charge is 0.457 e. The Labute approximate surface area is 131 Å². The normalized spacial score (nSPS) is 38.5. The fraction of sp³-hybridized carbons (Fsp3) is 0.909. The van der Waals surface area contributed by atoms with E-state index in [0.717, 1.165) is 0 Å². The van der Waals surface area contributed by atoms with Crippen LogP contribution in [0.5, 0.6) is 0 Å². The molecule has 2 heterocycles. The smallest absolute Gasteiger partial charge is 0.402 e. The van der Waals surface area contributed by atoms with Crippen molar-refractivity contribution in [3.8, 4) is 0 Å². The predicted molar refractivity (Wildman–Crippen MR) is 69.4 cm³/mol. The number of alkyl halides is 2. The third-order valence-electron chi connectivity index (χ3n) is 5.04. The van der Waals surface area contributed by atoms with Gasteiger partial charge in [0.1, 0.15) is 0 Å². The maximum Gasteiger partial charge on any atom is 0.402 e. The highest BCUT2D eigenvalue weighted by Gasteiger charge is 2.66. The second-order valence-corrected chi connectivity index (χ2v) is 9.64. The van der Waals surface area contributed by atoms with Crippen molar-refractivity contribution >= 4 is 26.2 Å². The molecule has 4 atom stereocenters. The SMILES string of the molecule is O=C(OCC(F)(F)S(=O)(=O)O)C12COS(=O)(=O)C3CC1CC3C2. The van der Waals surface area contributed by atoms with Gasteiger partial charge in [-0.3, -0.25) is 13.5 Å². The van der Waals surface area contributed by atoms with Crippen molar-refractivity contribution < 1.29 is 43.9 Å². The lowest BCUT2D eigenvalue weighted by Gasteiger charge is -2.32. The van der Waals surface area contributed by atoms with Gasteiger partial charge in [-0.05, 0) is 31.1 Å². The maximum atomic E-state index is 13.2. The molecule has 4 fully saturated rings. The highest BCUT2D eigenvalue weighted by atomic mass is 32.2. The summed E-state index contributed by atoms with van der Waals surface area (Å²) < 4.78 is 88.8. The number of carbonyl (C=O) groups excluding carboxylic acids is 1. The molecular formula is C11H14F2O8S2. The van der Waals surface area contributed by atoms with Crippen LogP contribution in [0, 0.1) is 17.3 Å². The zero-order valence-corrected chi connectivity index (χ0v) is 13.3. The van der Waals surface area contributed by atoms with Crippen molar-refractivity contribution in [2.75, 3.05) is 13.2 Å². The second kappa shape index (κ2) is 4.83. The maximum absolute atomic E-state index is 13.2. The Balaban J connectivity index is 1.79. The van der Waals surface area contributed by atoms with Gasteiger partial charge in [0.15, 0.2) is 6.61 Å². The molecule has 0 radical (unpaired) electrons. The Morgan fingerprint density at radius 3 is 2.57 bits per heavy atom. The Morgan fingerprint density at radius 2 is 2.04 bits per heavy atom. The van der Waals surface area contributed by atoms with E-state index in [9.17, 15) is 30.4 Å². The summed E-state index contributed by atoms with van der Waals surface area (Å²) in [6.45, 7) is -2.33. The molecule has 2 aliphatic heterocycles. The fourth-order valence-corrected chi connectivity index (χ4v) is 5.77. The average Bonchev–Trinajstić information content (AvgIpc) is 2.95. The first-order valence-corrected chi connectivity index (χ1v) is 9.70. The molecule has 132 valence electrons. The Kier molecular flexibility index (Phi) is 3.57. The molecule has 4 aliphatic rings. The summed E-state index contributed by atoms with van der Waals surface area (Å²) in [7, 11) is -9.52. The second-order valence-electron chi connectivity index (χ2n) is 6.27. The van der Waals surface area contributed by atoms with E-state index in [1.807, 2.05) is 0 Å². The Bertz CT molecular complexity index is 746. The van der Waals surface area contributed by atoms with E-state index in [2.05, 4.69) is 4.74 Å². The minimum Gasteiger partial charge on any atom is -0.457 e. The lowest BCUT2D eigenvalue weighted by atomic mass is 9.73. The summed E-state index contributed by atoms with van der Waals surface area (Å²) in [5.41, 5.74) is -1.36. The lowest BCUT2D eigenvalue weighted by molar-refractivity contribution is -0.167. The molecule has 2 saturated heterocycles. The van der Waals surface area contributed by atoms with Gasteiger partial charge >= 0.3 is 21.3 Å². The van der Waals surface area contributed by atoms with Crippen molar-refractivity contribution in [2.45, 2.75) is 29.8 Å². The predicted octanol–water partition coefficient (Wildman–Crippen LogP) is 0.155. The van der Waals surface area contributed by atoms with Crippen LogP contribution in [0.4, 0.5) is 8.78 Å². The molecule has 0 aromatic heterocycles. The van der Waals surface area contributed by atoms with Crippen molar-refractivity contribution in [3.63, 3.8) is 0 Å². The van der Waals surface area contributed by atoms with Crippen LogP contribution in [0.25, 0.3) is 0 Å². The number of esters is 1. The summed E-state index contributed by atoms with van der Waals surface area (Å²) in [5.74, 6) is -1.80. The number of fused-ring (bicyclic) bond motifs is 2. The van der Waals surface area contributed by atoms with Gasteiger partial charge in [0.2, 0.25) is 0 Å². The van der Waals surface area contributed by atoms with Gasteiger partial charge < -0.3 is 4.74 Å². The van der Waals surface area contributed by atoms with Crippen LogP contribution in [0.15, 0.2) is 0 Å². The topological polar surface area (TPSA) is 124 Å². The van der Waals surface area contributed by atoms with Crippen LogP contribution in [0.1, 0.15) is 19.3 Å². The molecule has 4 unspecified atom stereocenters. The molecule has 2 saturated carbocycles.